The van der Waals surface area contributed by atoms with E-state index in [2.05, 4.69) is 37.2 Å². The Hall–Kier alpha value is -1.80. The lowest BCUT2D eigenvalue weighted by atomic mass is 9.75. The summed E-state index contributed by atoms with van der Waals surface area (Å²) in [5, 5.41) is 11.6. The maximum Gasteiger partial charge on any atom is 0.416 e. The van der Waals surface area contributed by atoms with Crippen LogP contribution in [-0.4, -0.2) is 28.6 Å². The minimum absolute atomic E-state index is 0.0296. The van der Waals surface area contributed by atoms with Gasteiger partial charge in [-0.3, -0.25) is 0 Å². The average molecular weight is 629 g/mol. The number of halogens is 11. The van der Waals surface area contributed by atoms with Gasteiger partial charge in [-0.1, -0.05) is 22.0 Å². The van der Waals surface area contributed by atoms with E-state index < -0.39 is 64.0 Å². The zero-order valence-electron chi connectivity index (χ0n) is 16.3. The van der Waals surface area contributed by atoms with Crippen LogP contribution in [0.2, 0.25) is 0 Å². The molecule has 34 heavy (non-hydrogen) atoms. The van der Waals surface area contributed by atoms with Crippen molar-refractivity contribution in [2.45, 2.75) is 34.8 Å². The first kappa shape index (κ1) is 26.8. The minimum atomic E-state index is -5.33. The second-order valence-corrected chi connectivity index (χ2v) is 9.41. The third-order valence-electron chi connectivity index (χ3n) is 5.56. The van der Waals surface area contributed by atoms with Gasteiger partial charge >= 0.3 is 24.5 Å². The fourth-order valence-corrected chi connectivity index (χ4v) is 5.58. The first-order valence-electron chi connectivity index (χ1n) is 9.16. The molecule has 2 N–H and O–H groups in total. The molecule has 0 spiro atoms. The summed E-state index contributed by atoms with van der Waals surface area (Å²) < 4.78 is 123. The lowest BCUT2D eigenvalue weighted by Gasteiger charge is -2.36. The van der Waals surface area contributed by atoms with Crippen molar-refractivity contribution in [1.82, 2.24) is 5.32 Å². The standard InChI is InChI=1S/C20H12Br2F9NO2/c21-13-3-8(1-2-12(13)16(33)34)14-15(22)17(7-32-14,20(29,30)31)9-4-10(18(23,24)25)6-11(5-9)19(26,27)28/h1-6,14-15,32H,7H2,(H,33,34). The van der Waals surface area contributed by atoms with Crippen LogP contribution in [0.3, 0.4) is 0 Å². The van der Waals surface area contributed by atoms with Gasteiger partial charge in [0, 0.05) is 17.1 Å². The smallest absolute Gasteiger partial charge is 0.416 e. The minimum Gasteiger partial charge on any atom is -0.478 e. The van der Waals surface area contributed by atoms with Crippen LogP contribution >= 0.6 is 31.9 Å². The molecule has 0 saturated carbocycles. The van der Waals surface area contributed by atoms with Gasteiger partial charge in [0.2, 0.25) is 0 Å². The molecule has 0 aromatic heterocycles. The Morgan fingerprint density at radius 1 is 0.941 bits per heavy atom. The van der Waals surface area contributed by atoms with Crippen molar-refractivity contribution in [3.05, 3.63) is 68.7 Å². The molecule has 3 atom stereocenters. The molecule has 1 aliphatic heterocycles. The molecule has 0 aliphatic carbocycles. The lowest BCUT2D eigenvalue weighted by Crippen LogP contribution is -2.50. The summed E-state index contributed by atoms with van der Waals surface area (Å²) in [6, 6.07) is 2.22. The van der Waals surface area contributed by atoms with Gasteiger partial charge in [-0.15, -0.1) is 0 Å². The molecule has 3 unspecified atom stereocenters. The van der Waals surface area contributed by atoms with Crippen molar-refractivity contribution in [2.75, 3.05) is 6.54 Å². The normalized spacial score (nSPS) is 23.9. The van der Waals surface area contributed by atoms with Crippen LogP contribution in [0.5, 0.6) is 0 Å². The summed E-state index contributed by atoms with van der Waals surface area (Å²) in [5.41, 5.74) is -8.16. The van der Waals surface area contributed by atoms with Crippen molar-refractivity contribution >= 4 is 37.8 Å². The molecule has 0 bridgehead atoms. The summed E-state index contributed by atoms with van der Waals surface area (Å²) in [6.07, 6.45) is -15.9. The quantitative estimate of drug-likeness (QED) is 0.282. The molecule has 2 aromatic carbocycles. The van der Waals surface area contributed by atoms with Gasteiger partial charge in [0.1, 0.15) is 5.41 Å². The number of hydrogen-bond donors (Lipinski definition) is 2. The van der Waals surface area contributed by atoms with E-state index in [0.29, 0.717) is 0 Å². The van der Waals surface area contributed by atoms with Gasteiger partial charge < -0.3 is 10.4 Å². The van der Waals surface area contributed by atoms with Gasteiger partial charge in [-0.25, -0.2) is 4.79 Å². The van der Waals surface area contributed by atoms with Crippen LogP contribution in [-0.2, 0) is 17.8 Å². The van der Waals surface area contributed by atoms with Crippen LogP contribution in [0.25, 0.3) is 0 Å². The molecule has 1 fully saturated rings. The van der Waals surface area contributed by atoms with Crippen molar-refractivity contribution in [3.63, 3.8) is 0 Å². The summed E-state index contributed by atoms with van der Waals surface area (Å²) in [5.74, 6) is -1.32. The van der Waals surface area contributed by atoms with Crippen molar-refractivity contribution < 1.29 is 49.4 Å². The highest BCUT2D eigenvalue weighted by atomic mass is 79.9. The van der Waals surface area contributed by atoms with E-state index in [1.807, 2.05) is 0 Å². The number of nitrogens with one attached hydrogen (secondary N) is 1. The maximum absolute atomic E-state index is 14.4. The van der Waals surface area contributed by atoms with E-state index in [-0.39, 0.29) is 33.8 Å². The van der Waals surface area contributed by atoms with Crippen LogP contribution in [0.4, 0.5) is 39.5 Å². The Morgan fingerprint density at radius 3 is 1.88 bits per heavy atom. The third-order valence-corrected chi connectivity index (χ3v) is 7.52. The molecule has 0 radical (unpaired) electrons. The first-order chi connectivity index (χ1) is 15.4. The molecule has 14 heteroatoms. The molecular weight excluding hydrogens is 617 g/mol. The molecular formula is C20H12Br2F9NO2. The second-order valence-electron chi connectivity index (χ2n) is 7.57. The maximum atomic E-state index is 14.4. The molecule has 3 rings (SSSR count). The Kier molecular flexibility index (Phi) is 6.86. The number of rotatable bonds is 3. The van der Waals surface area contributed by atoms with E-state index in [0.717, 1.165) is 6.07 Å². The zero-order chi connectivity index (χ0) is 25.9. The van der Waals surface area contributed by atoms with E-state index in [9.17, 15) is 44.3 Å². The first-order valence-corrected chi connectivity index (χ1v) is 10.9. The molecule has 186 valence electrons. The SMILES string of the molecule is O=C(O)c1ccc(C2NCC(c3cc(C(F)(F)F)cc(C(F)(F)F)c3)(C(F)(F)F)C2Br)cc1Br. The highest BCUT2D eigenvalue weighted by molar-refractivity contribution is 9.10. The van der Waals surface area contributed by atoms with Crippen molar-refractivity contribution in [1.29, 1.82) is 0 Å². The summed E-state index contributed by atoms with van der Waals surface area (Å²) in [6.45, 7) is -1.03. The van der Waals surface area contributed by atoms with Gasteiger partial charge in [-0.05, 0) is 57.4 Å². The highest BCUT2D eigenvalue weighted by Crippen LogP contribution is 2.54. The van der Waals surface area contributed by atoms with Crippen LogP contribution in [0.15, 0.2) is 40.9 Å². The highest BCUT2D eigenvalue weighted by Gasteiger charge is 2.65. The average Bonchev–Trinajstić information content (AvgIpc) is 3.04. The lowest BCUT2D eigenvalue weighted by molar-refractivity contribution is -0.184. The van der Waals surface area contributed by atoms with Crippen molar-refractivity contribution in [2.24, 2.45) is 0 Å². The number of carboxylic acid groups (broad SMARTS) is 1. The summed E-state index contributed by atoms with van der Waals surface area (Å²) >= 11 is 5.88. The van der Waals surface area contributed by atoms with E-state index >= 15 is 0 Å². The molecule has 1 heterocycles. The fourth-order valence-electron chi connectivity index (χ4n) is 3.84. The fraction of sp³-hybridized carbons (Fsp3) is 0.350. The second kappa shape index (κ2) is 8.70. The van der Waals surface area contributed by atoms with Crippen LogP contribution < -0.4 is 5.32 Å². The Labute approximate surface area is 202 Å². The summed E-state index contributed by atoms with van der Waals surface area (Å²) in [7, 11) is 0. The summed E-state index contributed by atoms with van der Waals surface area (Å²) in [4.78, 5) is 9.43. The topological polar surface area (TPSA) is 49.3 Å². The number of hydrogen-bond acceptors (Lipinski definition) is 2. The van der Waals surface area contributed by atoms with Gasteiger partial charge in [-0.2, -0.15) is 39.5 Å². The monoisotopic (exact) mass is 627 g/mol. The van der Waals surface area contributed by atoms with Gasteiger partial charge in [0.05, 0.1) is 21.5 Å². The Balaban J connectivity index is 2.20. The Morgan fingerprint density at radius 2 is 1.47 bits per heavy atom. The van der Waals surface area contributed by atoms with Crippen LogP contribution in [0, 0.1) is 0 Å². The number of benzene rings is 2. The van der Waals surface area contributed by atoms with Crippen molar-refractivity contribution in [3.8, 4) is 0 Å². The number of carbonyl (C=O) groups is 1. The third kappa shape index (κ3) is 4.68. The predicted octanol–water partition coefficient (Wildman–Crippen LogP) is 7.09. The zero-order valence-corrected chi connectivity index (χ0v) is 19.5. The molecule has 2 aromatic rings. The van der Waals surface area contributed by atoms with Crippen LogP contribution in [0.1, 0.15) is 38.7 Å². The predicted molar refractivity (Wildman–Crippen MR) is 109 cm³/mol. The van der Waals surface area contributed by atoms with E-state index in [1.165, 1.54) is 12.1 Å². The van der Waals surface area contributed by atoms with E-state index in [4.69, 9.17) is 5.11 Å². The molecule has 3 nitrogen and oxygen atoms in total. The van der Waals surface area contributed by atoms with E-state index in [1.54, 1.807) is 0 Å². The van der Waals surface area contributed by atoms with Gasteiger partial charge in [0.25, 0.3) is 0 Å². The number of carboxylic acids is 1. The number of alkyl halides is 10. The molecule has 1 saturated heterocycles. The number of aromatic carboxylic acids is 1. The molecule has 1 aliphatic rings. The molecule has 0 amide bonds. The largest absolute Gasteiger partial charge is 0.478 e. The van der Waals surface area contributed by atoms with Gasteiger partial charge in [0.15, 0.2) is 0 Å². The Bertz CT molecular complexity index is 1080.